The number of rotatable bonds is 8. The number of imide groups is 2. The van der Waals surface area contributed by atoms with Gasteiger partial charge in [0.05, 0.1) is 23.9 Å². The van der Waals surface area contributed by atoms with E-state index in [1.165, 1.54) is 24.5 Å². The van der Waals surface area contributed by atoms with Gasteiger partial charge in [0.15, 0.2) is 11.5 Å². The number of benzene rings is 2. The summed E-state index contributed by atoms with van der Waals surface area (Å²) in [5.41, 5.74) is 0.875. The number of barbiturate groups is 1. The standard InChI is InChI=1S/C25H20BrFN2O6/c1-2-33-21-12-16(11-20(26)22(21)35-14-15-5-3-6-17(27)9-15)10-19-23(30)28-25(32)29(24(19)31)13-18-7-4-8-34-18/h3-12H,2,13-14H2,1H3,(H,28,30,32)/b19-10+. The molecule has 4 rings (SSSR count). The van der Waals surface area contributed by atoms with E-state index in [1.807, 2.05) is 0 Å². The van der Waals surface area contributed by atoms with Gasteiger partial charge in [-0.3, -0.25) is 19.8 Å². The number of furan rings is 1. The zero-order valence-corrected chi connectivity index (χ0v) is 20.1. The van der Waals surface area contributed by atoms with Crippen LogP contribution in [-0.2, 0) is 22.7 Å². The number of ether oxygens (including phenoxy) is 2. The van der Waals surface area contributed by atoms with Crippen LogP contribution in [0, 0.1) is 5.82 Å². The van der Waals surface area contributed by atoms with E-state index in [-0.39, 0.29) is 24.5 Å². The van der Waals surface area contributed by atoms with Gasteiger partial charge in [-0.1, -0.05) is 12.1 Å². The first kappa shape index (κ1) is 24.2. The molecule has 0 radical (unpaired) electrons. The first-order chi connectivity index (χ1) is 16.9. The van der Waals surface area contributed by atoms with Crippen molar-refractivity contribution in [3.05, 3.63) is 87.5 Å². The number of hydrogen-bond donors (Lipinski definition) is 1. The molecule has 35 heavy (non-hydrogen) atoms. The quantitative estimate of drug-likeness (QED) is 0.323. The summed E-state index contributed by atoms with van der Waals surface area (Å²) in [5.74, 6) is -0.799. The summed E-state index contributed by atoms with van der Waals surface area (Å²) in [6.07, 6.45) is 2.79. The predicted octanol–water partition coefficient (Wildman–Crippen LogP) is 4.82. The van der Waals surface area contributed by atoms with Crippen LogP contribution in [0.25, 0.3) is 6.08 Å². The zero-order chi connectivity index (χ0) is 24.9. The molecule has 1 N–H and O–H groups in total. The molecule has 1 aliphatic rings. The van der Waals surface area contributed by atoms with Crippen LogP contribution in [0.15, 0.2) is 69.3 Å². The van der Waals surface area contributed by atoms with Gasteiger partial charge in [0.1, 0.15) is 23.8 Å². The van der Waals surface area contributed by atoms with Crippen LogP contribution in [-0.4, -0.2) is 29.4 Å². The molecule has 0 bridgehead atoms. The molecule has 0 spiro atoms. The largest absolute Gasteiger partial charge is 0.490 e. The Balaban J connectivity index is 1.61. The smallest absolute Gasteiger partial charge is 0.331 e. The highest BCUT2D eigenvalue weighted by atomic mass is 79.9. The minimum Gasteiger partial charge on any atom is -0.490 e. The van der Waals surface area contributed by atoms with Crippen molar-refractivity contribution in [2.75, 3.05) is 6.61 Å². The third-order valence-corrected chi connectivity index (χ3v) is 5.58. The summed E-state index contributed by atoms with van der Waals surface area (Å²) in [7, 11) is 0. The van der Waals surface area contributed by atoms with Crippen molar-refractivity contribution in [3.8, 4) is 11.5 Å². The van der Waals surface area contributed by atoms with Crippen LogP contribution in [0.3, 0.4) is 0 Å². The van der Waals surface area contributed by atoms with Crippen molar-refractivity contribution in [3.63, 3.8) is 0 Å². The normalized spacial score (nSPS) is 14.9. The lowest BCUT2D eigenvalue weighted by Gasteiger charge is -2.25. The molecule has 1 aromatic heterocycles. The Labute approximate surface area is 208 Å². The number of nitrogens with one attached hydrogen (secondary N) is 1. The number of amides is 4. The highest BCUT2D eigenvalue weighted by Gasteiger charge is 2.36. The lowest BCUT2D eigenvalue weighted by molar-refractivity contribution is -0.130. The summed E-state index contributed by atoms with van der Waals surface area (Å²) in [5, 5.41) is 2.17. The van der Waals surface area contributed by atoms with E-state index in [2.05, 4.69) is 21.2 Å². The van der Waals surface area contributed by atoms with Crippen LogP contribution in [0.5, 0.6) is 11.5 Å². The van der Waals surface area contributed by atoms with E-state index in [1.54, 1.807) is 43.3 Å². The fourth-order valence-electron chi connectivity index (χ4n) is 3.42. The lowest BCUT2D eigenvalue weighted by atomic mass is 10.1. The SMILES string of the molecule is CCOc1cc(/C=C2\C(=O)NC(=O)N(Cc3ccco3)C2=O)cc(Br)c1OCc1cccc(F)c1. The minimum absolute atomic E-state index is 0.0988. The third-order valence-electron chi connectivity index (χ3n) is 4.99. The van der Waals surface area contributed by atoms with Gasteiger partial charge in [-0.2, -0.15) is 0 Å². The second-order valence-corrected chi connectivity index (χ2v) is 8.32. The molecular formula is C25H20BrFN2O6. The topological polar surface area (TPSA) is 98.1 Å². The van der Waals surface area contributed by atoms with Crippen molar-refractivity contribution in [1.82, 2.24) is 10.2 Å². The van der Waals surface area contributed by atoms with Gasteiger partial charge >= 0.3 is 6.03 Å². The fraction of sp³-hybridized carbons (Fsp3) is 0.160. The summed E-state index contributed by atoms with van der Waals surface area (Å²) in [4.78, 5) is 38.5. The van der Waals surface area contributed by atoms with Gasteiger partial charge in [-0.25, -0.2) is 9.18 Å². The number of carbonyl (C=O) groups excluding carboxylic acids is 3. The van der Waals surface area contributed by atoms with Crippen molar-refractivity contribution in [2.45, 2.75) is 20.1 Å². The Bertz CT molecular complexity index is 1310. The Morgan fingerprint density at radius 1 is 1.11 bits per heavy atom. The number of urea groups is 1. The van der Waals surface area contributed by atoms with Crippen molar-refractivity contribution in [2.24, 2.45) is 0 Å². The van der Waals surface area contributed by atoms with E-state index in [9.17, 15) is 18.8 Å². The molecule has 2 aromatic carbocycles. The van der Waals surface area contributed by atoms with E-state index in [0.717, 1.165) is 4.90 Å². The van der Waals surface area contributed by atoms with E-state index in [0.29, 0.717) is 39.5 Å². The predicted molar refractivity (Wildman–Crippen MR) is 127 cm³/mol. The van der Waals surface area contributed by atoms with Gasteiger partial charge in [0.2, 0.25) is 0 Å². The Hall–Kier alpha value is -3.92. The number of hydrogen-bond acceptors (Lipinski definition) is 6. The number of halogens is 2. The fourth-order valence-corrected chi connectivity index (χ4v) is 3.99. The molecule has 2 heterocycles. The van der Waals surface area contributed by atoms with Crippen LogP contribution in [0.1, 0.15) is 23.8 Å². The van der Waals surface area contributed by atoms with E-state index in [4.69, 9.17) is 13.9 Å². The molecule has 4 amide bonds. The van der Waals surface area contributed by atoms with Crippen LogP contribution >= 0.6 is 15.9 Å². The average molecular weight is 543 g/mol. The molecule has 0 aliphatic carbocycles. The molecule has 1 saturated heterocycles. The van der Waals surface area contributed by atoms with Crippen LogP contribution < -0.4 is 14.8 Å². The molecule has 180 valence electrons. The maximum atomic E-state index is 13.5. The van der Waals surface area contributed by atoms with E-state index >= 15 is 0 Å². The zero-order valence-electron chi connectivity index (χ0n) is 18.5. The molecule has 3 aromatic rings. The summed E-state index contributed by atoms with van der Waals surface area (Å²) >= 11 is 3.44. The second kappa shape index (κ2) is 10.6. The van der Waals surface area contributed by atoms with Crippen molar-refractivity contribution >= 4 is 39.9 Å². The molecule has 10 heteroatoms. The maximum Gasteiger partial charge on any atom is 0.331 e. The third kappa shape index (κ3) is 5.60. The molecule has 1 fully saturated rings. The maximum absolute atomic E-state index is 13.5. The minimum atomic E-state index is -0.828. The van der Waals surface area contributed by atoms with Crippen LogP contribution in [0.4, 0.5) is 9.18 Å². The molecular weight excluding hydrogens is 523 g/mol. The summed E-state index contributed by atoms with van der Waals surface area (Å²) < 4.78 is 30.8. The monoisotopic (exact) mass is 542 g/mol. The van der Waals surface area contributed by atoms with Gasteiger partial charge in [0.25, 0.3) is 11.8 Å². The van der Waals surface area contributed by atoms with Gasteiger partial charge in [0, 0.05) is 0 Å². The molecule has 0 saturated carbocycles. The Kier molecular flexibility index (Phi) is 7.31. The van der Waals surface area contributed by atoms with E-state index < -0.39 is 17.8 Å². The molecule has 0 atom stereocenters. The van der Waals surface area contributed by atoms with Crippen molar-refractivity contribution < 1.29 is 32.7 Å². The van der Waals surface area contributed by atoms with Crippen LogP contribution in [0.2, 0.25) is 0 Å². The Morgan fingerprint density at radius 2 is 1.94 bits per heavy atom. The first-order valence-corrected chi connectivity index (χ1v) is 11.4. The van der Waals surface area contributed by atoms with Gasteiger partial charge in [-0.15, -0.1) is 0 Å². The first-order valence-electron chi connectivity index (χ1n) is 10.6. The number of carbonyl (C=O) groups is 3. The molecule has 1 aliphatic heterocycles. The van der Waals surface area contributed by atoms with Gasteiger partial charge < -0.3 is 13.9 Å². The lowest BCUT2D eigenvalue weighted by Crippen LogP contribution is -2.53. The summed E-state index contributed by atoms with van der Waals surface area (Å²) in [6.45, 7) is 2.10. The Morgan fingerprint density at radius 3 is 2.66 bits per heavy atom. The van der Waals surface area contributed by atoms with Gasteiger partial charge in [-0.05, 0) is 76.5 Å². The number of nitrogens with zero attached hydrogens (tertiary/aromatic N) is 1. The molecule has 0 unspecified atom stereocenters. The highest BCUT2D eigenvalue weighted by Crippen LogP contribution is 2.38. The average Bonchev–Trinajstić information content (AvgIpc) is 3.32. The highest BCUT2D eigenvalue weighted by molar-refractivity contribution is 9.10. The molecule has 8 nitrogen and oxygen atoms in total. The summed E-state index contributed by atoms with van der Waals surface area (Å²) in [6, 6.07) is 11.7. The second-order valence-electron chi connectivity index (χ2n) is 7.47. The van der Waals surface area contributed by atoms with Crippen molar-refractivity contribution in [1.29, 1.82) is 0 Å².